The van der Waals surface area contributed by atoms with Gasteiger partial charge in [-0.2, -0.15) is 0 Å². The van der Waals surface area contributed by atoms with Crippen LogP contribution >= 0.6 is 0 Å². The van der Waals surface area contributed by atoms with E-state index in [2.05, 4.69) is 31.0 Å². The maximum Gasteiger partial charge on any atom is 0.0226 e. The van der Waals surface area contributed by atoms with Crippen LogP contribution in [0.5, 0.6) is 0 Å². The number of nitrogens with zero attached hydrogens (tertiary/aromatic N) is 1. The van der Waals surface area contributed by atoms with Crippen molar-refractivity contribution < 1.29 is 0 Å². The van der Waals surface area contributed by atoms with Crippen molar-refractivity contribution in [3.8, 4) is 0 Å². The molecule has 2 heteroatoms. The molecule has 3 fully saturated rings. The van der Waals surface area contributed by atoms with E-state index in [-0.39, 0.29) is 0 Å². The molecule has 4 atom stereocenters. The van der Waals surface area contributed by atoms with E-state index in [1.54, 1.807) is 0 Å². The zero-order valence-corrected chi connectivity index (χ0v) is 12.4. The van der Waals surface area contributed by atoms with Gasteiger partial charge in [0.15, 0.2) is 0 Å². The Hall–Kier alpha value is -0.0800. The first-order chi connectivity index (χ1) is 8.54. The van der Waals surface area contributed by atoms with E-state index in [4.69, 9.17) is 0 Å². The molecule has 2 saturated heterocycles. The lowest BCUT2D eigenvalue weighted by Gasteiger charge is -2.29. The van der Waals surface area contributed by atoms with Gasteiger partial charge in [0.05, 0.1) is 0 Å². The minimum atomic E-state index is 0.494. The van der Waals surface area contributed by atoms with Gasteiger partial charge in [0.1, 0.15) is 0 Å². The van der Waals surface area contributed by atoms with E-state index in [1.165, 1.54) is 51.9 Å². The van der Waals surface area contributed by atoms with Gasteiger partial charge in [-0.15, -0.1) is 0 Å². The SMILES string of the molecule is CC(C)(C)C1CCN(CC2NCC3CCCC32)C1. The lowest BCUT2D eigenvalue weighted by atomic mass is 9.80. The highest BCUT2D eigenvalue weighted by Crippen LogP contribution is 2.39. The smallest absolute Gasteiger partial charge is 0.0226 e. The summed E-state index contributed by atoms with van der Waals surface area (Å²) in [6.07, 6.45) is 5.86. The average molecular weight is 250 g/mol. The van der Waals surface area contributed by atoms with Crippen molar-refractivity contribution >= 4 is 0 Å². The summed E-state index contributed by atoms with van der Waals surface area (Å²) < 4.78 is 0. The number of rotatable bonds is 2. The summed E-state index contributed by atoms with van der Waals surface area (Å²) in [6, 6.07) is 0.802. The molecule has 2 nitrogen and oxygen atoms in total. The normalized spacial score (nSPS) is 41.5. The van der Waals surface area contributed by atoms with E-state index >= 15 is 0 Å². The molecule has 0 radical (unpaired) electrons. The fourth-order valence-corrected chi connectivity index (χ4v) is 4.49. The summed E-state index contributed by atoms with van der Waals surface area (Å²) in [4.78, 5) is 2.73. The van der Waals surface area contributed by atoms with Gasteiger partial charge in [-0.1, -0.05) is 27.2 Å². The number of fused-ring (bicyclic) bond motifs is 1. The summed E-state index contributed by atoms with van der Waals surface area (Å²) >= 11 is 0. The summed E-state index contributed by atoms with van der Waals surface area (Å²) in [5.41, 5.74) is 0.494. The van der Waals surface area contributed by atoms with Gasteiger partial charge in [0.25, 0.3) is 0 Å². The Morgan fingerprint density at radius 2 is 2.00 bits per heavy atom. The number of hydrogen-bond donors (Lipinski definition) is 1. The van der Waals surface area contributed by atoms with Crippen LogP contribution in [0.2, 0.25) is 0 Å². The van der Waals surface area contributed by atoms with Crippen LogP contribution in [0, 0.1) is 23.2 Å². The van der Waals surface area contributed by atoms with E-state index < -0.39 is 0 Å². The van der Waals surface area contributed by atoms with Gasteiger partial charge in [0, 0.05) is 19.1 Å². The highest BCUT2D eigenvalue weighted by atomic mass is 15.2. The molecule has 0 bridgehead atoms. The first kappa shape index (κ1) is 12.9. The molecule has 3 aliphatic rings. The highest BCUT2D eigenvalue weighted by molar-refractivity contribution is 4.96. The zero-order valence-electron chi connectivity index (χ0n) is 12.4. The molecule has 1 aliphatic carbocycles. The maximum atomic E-state index is 3.80. The summed E-state index contributed by atoms with van der Waals surface area (Å²) in [5.74, 6) is 2.91. The van der Waals surface area contributed by atoms with Crippen LogP contribution in [0.15, 0.2) is 0 Å². The third-order valence-electron chi connectivity index (χ3n) is 5.83. The fraction of sp³-hybridized carbons (Fsp3) is 1.00. The molecule has 0 spiro atoms. The molecular weight excluding hydrogens is 220 g/mol. The Kier molecular flexibility index (Phi) is 3.44. The Morgan fingerprint density at radius 3 is 2.72 bits per heavy atom. The number of nitrogens with one attached hydrogen (secondary N) is 1. The van der Waals surface area contributed by atoms with Crippen molar-refractivity contribution in [1.29, 1.82) is 0 Å². The molecule has 4 unspecified atom stereocenters. The Labute approximate surface area is 113 Å². The lowest BCUT2D eigenvalue weighted by Crippen LogP contribution is -2.40. The standard InChI is InChI=1S/C16H30N2/c1-16(2,3)13-7-8-18(10-13)11-15-14-6-4-5-12(14)9-17-15/h12-15,17H,4-11H2,1-3H3. The van der Waals surface area contributed by atoms with Crippen LogP contribution in [-0.4, -0.2) is 37.1 Å². The number of hydrogen-bond acceptors (Lipinski definition) is 2. The molecule has 104 valence electrons. The molecule has 3 rings (SSSR count). The van der Waals surface area contributed by atoms with Crippen LogP contribution in [0.3, 0.4) is 0 Å². The topological polar surface area (TPSA) is 15.3 Å². The van der Waals surface area contributed by atoms with Crippen LogP contribution in [-0.2, 0) is 0 Å². The van der Waals surface area contributed by atoms with Gasteiger partial charge in [-0.05, 0) is 55.5 Å². The molecule has 2 heterocycles. The first-order valence-corrected chi connectivity index (χ1v) is 8.00. The van der Waals surface area contributed by atoms with E-state index in [0.717, 1.165) is 23.8 Å². The molecule has 0 aromatic carbocycles. The third-order valence-corrected chi connectivity index (χ3v) is 5.83. The summed E-state index contributed by atoms with van der Waals surface area (Å²) in [5, 5.41) is 3.80. The highest BCUT2D eigenvalue weighted by Gasteiger charge is 2.40. The van der Waals surface area contributed by atoms with Crippen LogP contribution < -0.4 is 5.32 Å². The largest absolute Gasteiger partial charge is 0.312 e. The molecule has 1 saturated carbocycles. The first-order valence-electron chi connectivity index (χ1n) is 8.00. The second-order valence-electron chi connectivity index (χ2n) is 7.98. The van der Waals surface area contributed by atoms with Crippen molar-refractivity contribution in [2.75, 3.05) is 26.2 Å². The second-order valence-corrected chi connectivity index (χ2v) is 7.98. The molecule has 0 aromatic rings. The Balaban J connectivity index is 1.52. The molecule has 1 N–H and O–H groups in total. The Bertz CT molecular complexity index is 294. The van der Waals surface area contributed by atoms with Crippen molar-refractivity contribution in [1.82, 2.24) is 10.2 Å². The Morgan fingerprint density at radius 1 is 1.17 bits per heavy atom. The van der Waals surface area contributed by atoms with Gasteiger partial charge in [0.2, 0.25) is 0 Å². The quantitative estimate of drug-likeness (QED) is 0.811. The molecule has 0 aromatic heterocycles. The summed E-state index contributed by atoms with van der Waals surface area (Å²) in [7, 11) is 0. The van der Waals surface area contributed by atoms with Gasteiger partial charge in [-0.25, -0.2) is 0 Å². The van der Waals surface area contributed by atoms with E-state index in [1.807, 2.05) is 0 Å². The monoisotopic (exact) mass is 250 g/mol. The third kappa shape index (κ3) is 2.46. The van der Waals surface area contributed by atoms with Crippen LogP contribution in [0.1, 0.15) is 46.5 Å². The van der Waals surface area contributed by atoms with Crippen molar-refractivity contribution in [2.45, 2.75) is 52.5 Å². The van der Waals surface area contributed by atoms with E-state index in [9.17, 15) is 0 Å². The van der Waals surface area contributed by atoms with Gasteiger partial charge in [-0.3, -0.25) is 0 Å². The molecular formula is C16H30N2. The predicted molar refractivity (Wildman–Crippen MR) is 76.6 cm³/mol. The van der Waals surface area contributed by atoms with Gasteiger partial charge >= 0.3 is 0 Å². The minimum absolute atomic E-state index is 0.494. The van der Waals surface area contributed by atoms with Crippen molar-refractivity contribution in [3.63, 3.8) is 0 Å². The van der Waals surface area contributed by atoms with Crippen LogP contribution in [0.25, 0.3) is 0 Å². The van der Waals surface area contributed by atoms with E-state index in [0.29, 0.717) is 5.41 Å². The second kappa shape index (κ2) is 4.79. The predicted octanol–water partition coefficient (Wildman–Crippen LogP) is 2.74. The molecule has 18 heavy (non-hydrogen) atoms. The van der Waals surface area contributed by atoms with Crippen molar-refractivity contribution in [3.05, 3.63) is 0 Å². The van der Waals surface area contributed by atoms with Gasteiger partial charge < -0.3 is 10.2 Å². The minimum Gasteiger partial charge on any atom is -0.312 e. The summed E-state index contributed by atoms with van der Waals surface area (Å²) in [6.45, 7) is 12.5. The fourth-order valence-electron chi connectivity index (χ4n) is 4.49. The lowest BCUT2D eigenvalue weighted by molar-refractivity contribution is 0.212. The number of likely N-dealkylation sites (tertiary alicyclic amines) is 1. The molecule has 0 amide bonds. The maximum absolute atomic E-state index is 3.80. The average Bonchev–Trinajstić information content (AvgIpc) is 2.95. The molecule has 2 aliphatic heterocycles. The van der Waals surface area contributed by atoms with Crippen LogP contribution in [0.4, 0.5) is 0 Å². The zero-order chi connectivity index (χ0) is 12.8. The van der Waals surface area contributed by atoms with Crippen molar-refractivity contribution in [2.24, 2.45) is 23.2 Å².